The summed E-state index contributed by atoms with van der Waals surface area (Å²) in [5.74, 6) is -0.871. The molecule has 6 nitrogen and oxygen atoms in total. The lowest BCUT2D eigenvalue weighted by Gasteiger charge is -2.06. The van der Waals surface area contributed by atoms with E-state index in [0.29, 0.717) is 17.3 Å². The number of Topliss-reactive ketones (excluding diaryl/α,β-unsaturated/α-hetero) is 1. The average Bonchev–Trinajstić information content (AvgIpc) is 3.30. The first-order valence-electron chi connectivity index (χ1n) is 8.74. The zero-order valence-corrected chi connectivity index (χ0v) is 16.4. The number of aromatic amines is 1. The van der Waals surface area contributed by atoms with Gasteiger partial charge >= 0.3 is 5.97 Å². The third-order valence-electron chi connectivity index (χ3n) is 4.35. The Labute approximate surface area is 167 Å². The SMILES string of the molecule is Cc1nn(Cc2ccccc2Cl)c(C)c1C=CC(=O)OCC(=O)c1ccc[nH]1. The second-order valence-corrected chi connectivity index (χ2v) is 6.69. The highest BCUT2D eigenvalue weighted by atomic mass is 35.5. The van der Waals surface area contributed by atoms with Crippen molar-refractivity contribution in [3.05, 3.63) is 81.9 Å². The van der Waals surface area contributed by atoms with Gasteiger partial charge in [-0.1, -0.05) is 29.8 Å². The zero-order chi connectivity index (χ0) is 20.1. The molecule has 2 aromatic heterocycles. The number of halogens is 1. The summed E-state index contributed by atoms with van der Waals surface area (Å²) in [5, 5.41) is 5.21. The quantitative estimate of drug-likeness (QED) is 0.372. The van der Waals surface area contributed by atoms with E-state index in [9.17, 15) is 9.59 Å². The van der Waals surface area contributed by atoms with E-state index in [1.165, 1.54) is 6.08 Å². The third-order valence-corrected chi connectivity index (χ3v) is 4.71. The lowest BCUT2D eigenvalue weighted by atomic mass is 10.1. The van der Waals surface area contributed by atoms with E-state index in [-0.39, 0.29) is 12.4 Å². The topological polar surface area (TPSA) is 77.0 Å². The van der Waals surface area contributed by atoms with E-state index in [4.69, 9.17) is 16.3 Å². The van der Waals surface area contributed by atoms with Crippen LogP contribution in [0.5, 0.6) is 0 Å². The highest BCUT2D eigenvalue weighted by Gasteiger charge is 2.12. The summed E-state index contributed by atoms with van der Waals surface area (Å²) in [7, 11) is 0. The van der Waals surface area contributed by atoms with Gasteiger partial charge in [0.25, 0.3) is 0 Å². The fourth-order valence-electron chi connectivity index (χ4n) is 2.81. The van der Waals surface area contributed by atoms with Crippen molar-refractivity contribution in [3.63, 3.8) is 0 Å². The van der Waals surface area contributed by atoms with Crippen LogP contribution in [0.25, 0.3) is 6.08 Å². The largest absolute Gasteiger partial charge is 0.454 e. The number of carbonyl (C=O) groups is 2. The number of aryl methyl sites for hydroxylation is 1. The minimum absolute atomic E-state index is 0.285. The molecule has 0 amide bonds. The molecular weight excluding hydrogens is 378 g/mol. The number of hydrogen-bond acceptors (Lipinski definition) is 4. The maximum atomic E-state index is 11.9. The molecule has 0 fully saturated rings. The van der Waals surface area contributed by atoms with Crippen molar-refractivity contribution in [3.8, 4) is 0 Å². The predicted molar refractivity (Wildman–Crippen MR) is 107 cm³/mol. The van der Waals surface area contributed by atoms with Crippen LogP contribution in [0.4, 0.5) is 0 Å². The number of ether oxygens (including phenoxy) is 1. The molecule has 0 radical (unpaired) electrons. The molecule has 0 spiro atoms. The fraction of sp³-hybridized carbons (Fsp3) is 0.190. The lowest BCUT2D eigenvalue weighted by Crippen LogP contribution is -2.12. The number of H-pyrrole nitrogens is 1. The summed E-state index contributed by atoms with van der Waals surface area (Å²) in [6, 6.07) is 10.9. The predicted octanol–water partition coefficient (Wildman–Crippen LogP) is 3.97. The summed E-state index contributed by atoms with van der Waals surface area (Å²) in [4.78, 5) is 26.6. The molecule has 0 unspecified atom stereocenters. The van der Waals surface area contributed by atoms with Crippen molar-refractivity contribution in [1.82, 2.24) is 14.8 Å². The van der Waals surface area contributed by atoms with Gasteiger partial charge in [0.15, 0.2) is 6.61 Å². The first kappa shape index (κ1) is 19.6. The molecule has 2 heterocycles. The number of hydrogen-bond donors (Lipinski definition) is 1. The van der Waals surface area contributed by atoms with Crippen molar-refractivity contribution in [2.24, 2.45) is 0 Å². The molecule has 144 valence electrons. The summed E-state index contributed by atoms with van der Waals surface area (Å²) in [6.07, 6.45) is 4.60. The van der Waals surface area contributed by atoms with Crippen LogP contribution < -0.4 is 0 Å². The number of ketones is 1. The van der Waals surface area contributed by atoms with Crippen LogP contribution in [0.3, 0.4) is 0 Å². The second kappa shape index (κ2) is 8.71. The van der Waals surface area contributed by atoms with Gasteiger partial charge in [0.1, 0.15) is 0 Å². The number of benzene rings is 1. The Morgan fingerprint density at radius 2 is 2.00 bits per heavy atom. The Balaban J connectivity index is 1.65. The Hall–Kier alpha value is -3.12. The lowest BCUT2D eigenvalue weighted by molar-refractivity contribution is -0.136. The molecule has 0 atom stereocenters. The van der Waals surface area contributed by atoms with E-state index in [1.807, 2.05) is 42.8 Å². The van der Waals surface area contributed by atoms with Gasteiger partial charge in [-0.25, -0.2) is 4.79 Å². The van der Waals surface area contributed by atoms with Crippen LogP contribution in [-0.4, -0.2) is 33.1 Å². The molecule has 1 aromatic carbocycles. The smallest absolute Gasteiger partial charge is 0.331 e. The molecule has 28 heavy (non-hydrogen) atoms. The van der Waals surface area contributed by atoms with Gasteiger partial charge in [-0.3, -0.25) is 9.48 Å². The molecular formula is C21H20ClN3O3. The molecule has 0 saturated carbocycles. The van der Waals surface area contributed by atoms with E-state index in [2.05, 4.69) is 10.1 Å². The molecule has 0 aliphatic carbocycles. The van der Waals surface area contributed by atoms with E-state index in [0.717, 1.165) is 22.5 Å². The number of carbonyl (C=O) groups excluding carboxylic acids is 2. The zero-order valence-electron chi connectivity index (χ0n) is 15.6. The van der Waals surface area contributed by atoms with Crippen LogP contribution >= 0.6 is 11.6 Å². The number of esters is 1. The van der Waals surface area contributed by atoms with Crippen LogP contribution in [0.15, 0.2) is 48.7 Å². The monoisotopic (exact) mass is 397 g/mol. The van der Waals surface area contributed by atoms with Crippen molar-refractivity contribution >= 4 is 29.4 Å². The van der Waals surface area contributed by atoms with Crippen molar-refractivity contribution < 1.29 is 14.3 Å². The van der Waals surface area contributed by atoms with Gasteiger partial charge in [0.2, 0.25) is 5.78 Å². The van der Waals surface area contributed by atoms with E-state index in [1.54, 1.807) is 24.4 Å². The van der Waals surface area contributed by atoms with Crippen molar-refractivity contribution in [2.75, 3.05) is 6.61 Å². The van der Waals surface area contributed by atoms with Gasteiger partial charge in [-0.15, -0.1) is 0 Å². The van der Waals surface area contributed by atoms with Crippen LogP contribution in [-0.2, 0) is 16.1 Å². The maximum absolute atomic E-state index is 11.9. The number of rotatable bonds is 7. The molecule has 0 bridgehead atoms. The Morgan fingerprint density at radius 1 is 1.21 bits per heavy atom. The fourth-order valence-corrected chi connectivity index (χ4v) is 3.01. The first-order valence-corrected chi connectivity index (χ1v) is 9.12. The minimum Gasteiger partial charge on any atom is -0.454 e. The molecule has 0 aliphatic heterocycles. The number of aromatic nitrogens is 3. The van der Waals surface area contributed by atoms with Crippen molar-refractivity contribution in [1.29, 1.82) is 0 Å². The highest BCUT2D eigenvalue weighted by Crippen LogP contribution is 2.20. The Kier molecular flexibility index (Phi) is 6.11. The summed E-state index contributed by atoms with van der Waals surface area (Å²) in [6.45, 7) is 4.02. The average molecular weight is 398 g/mol. The minimum atomic E-state index is -0.586. The molecule has 1 N–H and O–H groups in total. The van der Waals surface area contributed by atoms with Crippen LogP contribution in [0.2, 0.25) is 5.02 Å². The van der Waals surface area contributed by atoms with Crippen molar-refractivity contribution in [2.45, 2.75) is 20.4 Å². The summed E-state index contributed by atoms with van der Waals surface area (Å²) < 4.78 is 6.85. The normalized spacial score (nSPS) is 11.1. The number of nitrogens with one attached hydrogen (secondary N) is 1. The third kappa shape index (κ3) is 4.58. The summed E-state index contributed by atoms with van der Waals surface area (Å²) >= 11 is 6.23. The summed E-state index contributed by atoms with van der Waals surface area (Å²) in [5.41, 5.74) is 3.90. The molecule has 3 aromatic rings. The van der Waals surface area contributed by atoms with Gasteiger partial charge in [0, 0.05) is 28.6 Å². The van der Waals surface area contributed by atoms with E-state index < -0.39 is 5.97 Å². The molecule has 7 heteroatoms. The highest BCUT2D eigenvalue weighted by molar-refractivity contribution is 6.31. The molecule has 0 aliphatic rings. The molecule has 3 rings (SSSR count). The van der Waals surface area contributed by atoms with Gasteiger partial charge in [-0.05, 0) is 43.7 Å². The Morgan fingerprint density at radius 3 is 2.71 bits per heavy atom. The molecule has 0 saturated heterocycles. The second-order valence-electron chi connectivity index (χ2n) is 6.28. The maximum Gasteiger partial charge on any atom is 0.331 e. The van der Waals surface area contributed by atoms with Gasteiger partial charge in [0.05, 0.1) is 17.9 Å². The standard InChI is InChI=1S/C21H20ClN3O3/c1-14-17(9-10-21(27)28-13-20(26)19-8-5-11-23-19)15(2)25(24-14)12-16-6-3-4-7-18(16)22/h3-11,23H,12-13H2,1-2H3. The van der Waals surface area contributed by atoms with E-state index >= 15 is 0 Å². The van der Waals surface area contributed by atoms with Crippen LogP contribution in [0, 0.1) is 13.8 Å². The van der Waals surface area contributed by atoms with Gasteiger partial charge < -0.3 is 9.72 Å². The Bertz CT molecular complexity index is 1020. The van der Waals surface area contributed by atoms with Gasteiger partial charge in [-0.2, -0.15) is 5.10 Å². The first-order chi connectivity index (χ1) is 13.5. The van der Waals surface area contributed by atoms with Crippen LogP contribution in [0.1, 0.15) is 33.0 Å². The number of nitrogens with zero attached hydrogens (tertiary/aromatic N) is 2.